The molecule has 0 heterocycles. The fourth-order valence-electron chi connectivity index (χ4n) is 2.80. The molecule has 0 saturated heterocycles. The van der Waals surface area contributed by atoms with E-state index in [2.05, 4.69) is 5.32 Å². The summed E-state index contributed by atoms with van der Waals surface area (Å²) in [4.78, 5) is 0. The molecule has 0 unspecified atom stereocenters. The van der Waals surface area contributed by atoms with E-state index in [-0.39, 0.29) is 18.9 Å². The maximum Gasteiger partial charge on any atom is 0.391 e. The zero-order valence-electron chi connectivity index (χ0n) is 11.5. The first-order valence-corrected chi connectivity index (χ1v) is 7.09. The predicted molar refractivity (Wildman–Crippen MR) is 69.9 cm³/mol. The summed E-state index contributed by atoms with van der Waals surface area (Å²) in [6.45, 7) is 0.504. The zero-order valence-corrected chi connectivity index (χ0v) is 11.5. The van der Waals surface area contributed by atoms with Crippen LogP contribution in [-0.4, -0.2) is 18.8 Å². The lowest BCUT2D eigenvalue weighted by Crippen LogP contribution is -2.37. The molecule has 1 fully saturated rings. The Bertz CT molecular complexity index is 443. The van der Waals surface area contributed by atoms with Crippen LogP contribution in [0.2, 0.25) is 0 Å². The molecule has 0 radical (unpaired) electrons. The monoisotopic (exact) mass is 307 g/mol. The standard InChI is InChI=1S/C15H18F5N/c16-12-7-10(8-13(17)9-12)5-6-21-14-3-1-11(2-4-14)15(18,19)20/h7-9,11,14,21H,1-6H2. The topological polar surface area (TPSA) is 12.0 Å². The largest absolute Gasteiger partial charge is 0.391 e. The lowest BCUT2D eigenvalue weighted by atomic mass is 9.85. The number of rotatable bonds is 4. The highest BCUT2D eigenvalue weighted by Crippen LogP contribution is 2.37. The van der Waals surface area contributed by atoms with Crippen LogP contribution in [0.3, 0.4) is 0 Å². The minimum atomic E-state index is -4.09. The molecular weight excluding hydrogens is 289 g/mol. The lowest BCUT2D eigenvalue weighted by Gasteiger charge is -2.30. The molecule has 0 atom stereocenters. The van der Waals surface area contributed by atoms with Crippen molar-refractivity contribution in [2.45, 2.75) is 44.3 Å². The van der Waals surface area contributed by atoms with Gasteiger partial charge in [0.15, 0.2) is 0 Å². The molecule has 0 bridgehead atoms. The molecule has 0 aliphatic heterocycles. The third kappa shape index (κ3) is 4.95. The van der Waals surface area contributed by atoms with Crippen LogP contribution >= 0.6 is 0 Å². The molecule has 1 aromatic rings. The van der Waals surface area contributed by atoms with Crippen LogP contribution in [0.15, 0.2) is 18.2 Å². The first kappa shape index (κ1) is 16.2. The van der Waals surface area contributed by atoms with Crippen molar-refractivity contribution >= 4 is 0 Å². The van der Waals surface area contributed by atoms with Crippen molar-refractivity contribution in [3.8, 4) is 0 Å². The van der Waals surface area contributed by atoms with Crippen molar-refractivity contribution in [1.82, 2.24) is 5.32 Å². The Balaban J connectivity index is 1.73. The molecule has 6 heteroatoms. The van der Waals surface area contributed by atoms with Crippen molar-refractivity contribution in [3.63, 3.8) is 0 Å². The van der Waals surface area contributed by atoms with Gasteiger partial charge in [-0.3, -0.25) is 0 Å². The summed E-state index contributed by atoms with van der Waals surface area (Å²) >= 11 is 0. The number of hydrogen-bond acceptors (Lipinski definition) is 1. The summed E-state index contributed by atoms with van der Waals surface area (Å²) < 4.78 is 63.6. The van der Waals surface area contributed by atoms with Crippen LogP contribution in [0.5, 0.6) is 0 Å². The van der Waals surface area contributed by atoms with Gasteiger partial charge in [-0.25, -0.2) is 8.78 Å². The minimum absolute atomic E-state index is 0.0574. The number of alkyl halides is 3. The second kappa shape index (κ2) is 6.73. The number of halogens is 5. The van der Waals surface area contributed by atoms with E-state index in [0.717, 1.165) is 6.07 Å². The summed E-state index contributed by atoms with van der Waals surface area (Å²) in [7, 11) is 0. The highest BCUT2D eigenvalue weighted by Gasteiger charge is 2.41. The average Bonchev–Trinajstić information content (AvgIpc) is 2.37. The van der Waals surface area contributed by atoms with Gasteiger partial charge in [-0.1, -0.05) is 0 Å². The molecule has 1 aliphatic carbocycles. The van der Waals surface area contributed by atoms with Crippen molar-refractivity contribution in [2.75, 3.05) is 6.54 Å². The van der Waals surface area contributed by atoms with E-state index in [4.69, 9.17) is 0 Å². The van der Waals surface area contributed by atoms with Gasteiger partial charge >= 0.3 is 6.18 Å². The van der Waals surface area contributed by atoms with Crippen LogP contribution in [-0.2, 0) is 6.42 Å². The Hall–Kier alpha value is -1.17. The highest BCUT2D eigenvalue weighted by molar-refractivity contribution is 5.18. The molecular formula is C15H18F5N. The Kier molecular flexibility index (Phi) is 5.19. The minimum Gasteiger partial charge on any atom is -0.314 e. The van der Waals surface area contributed by atoms with Gasteiger partial charge in [0, 0.05) is 12.1 Å². The Morgan fingerprint density at radius 3 is 2.05 bits per heavy atom. The zero-order chi connectivity index (χ0) is 15.5. The predicted octanol–water partition coefficient (Wildman–Crippen LogP) is 4.22. The first-order valence-electron chi connectivity index (χ1n) is 7.09. The van der Waals surface area contributed by atoms with Gasteiger partial charge in [0.1, 0.15) is 11.6 Å². The van der Waals surface area contributed by atoms with Crippen LogP contribution in [0.1, 0.15) is 31.2 Å². The van der Waals surface area contributed by atoms with Gasteiger partial charge in [0.05, 0.1) is 5.92 Å². The summed E-state index contributed by atoms with van der Waals surface area (Å²) in [5.41, 5.74) is 0.545. The fraction of sp³-hybridized carbons (Fsp3) is 0.600. The van der Waals surface area contributed by atoms with Crippen LogP contribution in [0.25, 0.3) is 0 Å². The van der Waals surface area contributed by atoms with Crippen molar-refractivity contribution in [2.24, 2.45) is 5.92 Å². The van der Waals surface area contributed by atoms with E-state index in [1.54, 1.807) is 0 Å². The maximum atomic E-state index is 13.0. The number of hydrogen-bond donors (Lipinski definition) is 1. The van der Waals surface area contributed by atoms with E-state index in [1.807, 2.05) is 0 Å². The smallest absolute Gasteiger partial charge is 0.314 e. The summed E-state index contributed by atoms with van der Waals surface area (Å²) in [6, 6.07) is 3.41. The average molecular weight is 307 g/mol. The molecule has 1 aliphatic rings. The Morgan fingerprint density at radius 1 is 0.952 bits per heavy atom. The van der Waals surface area contributed by atoms with Crippen LogP contribution in [0.4, 0.5) is 22.0 Å². The molecule has 0 aromatic heterocycles. The fourth-order valence-corrected chi connectivity index (χ4v) is 2.80. The van der Waals surface area contributed by atoms with Gasteiger partial charge in [-0.2, -0.15) is 13.2 Å². The summed E-state index contributed by atoms with van der Waals surface area (Å²) in [5, 5.41) is 3.17. The Morgan fingerprint density at radius 2 is 1.52 bits per heavy atom. The molecule has 1 aromatic carbocycles. The maximum absolute atomic E-state index is 13.0. The van der Waals surface area contributed by atoms with E-state index in [0.29, 0.717) is 31.4 Å². The van der Waals surface area contributed by atoms with Gasteiger partial charge in [0.2, 0.25) is 0 Å². The van der Waals surface area contributed by atoms with Crippen LogP contribution in [0, 0.1) is 17.6 Å². The number of benzene rings is 1. The van der Waals surface area contributed by atoms with Gasteiger partial charge in [0.25, 0.3) is 0 Å². The summed E-state index contributed by atoms with van der Waals surface area (Å²) in [6.07, 6.45) is -2.37. The van der Waals surface area contributed by atoms with Crippen molar-refractivity contribution < 1.29 is 22.0 Å². The van der Waals surface area contributed by atoms with Gasteiger partial charge in [-0.15, -0.1) is 0 Å². The number of nitrogens with one attached hydrogen (secondary N) is 1. The van der Waals surface area contributed by atoms with Crippen molar-refractivity contribution in [1.29, 1.82) is 0 Å². The third-order valence-corrected chi connectivity index (χ3v) is 3.96. The third-order valence-electron chi connectivity index (χ3n) is 3.96. The molecule has 118 valence electrons. The highest BCUT2D eigenvalue weighted by atomic mass is 19.4. The quantitative estimate of drug-likeness (QED) is 0.821. The van der Waals surface area contributed by atoms with E-state index < -0.39 is 23.7 Å². The molecule has 1 saturated carbocycles. The van der Waals surface area contributed by atoms with Crippen molar-refractivity contribution in [3.05, 3.63) is 35.4 Å². The molecule has 0 spiro atoms. The van der Waals surface area contributed by atoms with E-state index in [9.17, 15) is 22.0 Å². The van der Waals surface area contributed by atoms with Gasteiger partial charge in [-0.05, 0) is 56.3 Å². The molecule has 2 rings (SSSR count). The SMILES string of the molecule is Fc1cc(F)cc(CCNC2CCC(C(F)(F)F)CC2)c1. The van der Waals surface area contributed by atoms with E-state index in [1.165, 1.54) is 12.1 Å². The Labute approximate surface area is 120 Å². The molecule has 1 nitrogen and oxygen atoms in total. The molecule has 21 heavy (non-hydrogen) atoms. The van der Waals surface area contributed by atoms with Gasteiger partial charge < -0.3 is 5.32 Å². The first-order chi connectivity index (χ1) is 9.84. The molecule has 0 amide bonds. The summed E-state index contributed by atoms with van der Waals surface area (Å²) in [5.74, 6) is -2.42. The lowest BCUT2D eigenvalue weighted by molar-refractivity contribution is -0.182. The van der Waals surface area contributed by atoms with Crippen LogP contribution < -0.4 is 5.32 Å². The normalized spacial score (nSPS) is 23.3. The second-order valence-electron chi connectivity index (χ2n) is 5.57. The molecule has 1 N–H and O–H groups in total. The second-order valence-corrected chi connectivity index (χ2v) is 5.57. The van der Waals surface area contributed by atoms with E-state index >= 15 is 0 Å².